The summed E-state index contributed by atoms with van der Waals surface area (Å²) in [5, 5.41) is 6.47. The van der Waals surface area contributed by atoms with E-state index in [1.165, 1.54) is 6.20 Å². The molecule has 5 rings (SSSR count). The summed E-state index contributed by atoms with van der Waals surface area (Å²) >= 11 is 6.38. The number of piperidine rings is 1. The summed E-state index contributed by atoms with van der Waals surface area (Å²) in [5.41, 5.74) is 2.97. The van der Waals surface area contributed by atoms with E-state index in [4.69, 9.17) is 11.6 Å². The molecule has 1 unspecified atom stereocenters. The van der Waals surface area contributed by atoms with Crippen molar-refractivity contribution in [1.29, 1.82) is 0 Å². The molecule has 0 bridgehead atoms. The van der Waals surface area contributed by atoms with E-state index in [2.05, 4.69) is 30.6 Å². The highest BCUT2D eigenvalue weighted by atomic mass is 35.5. The van der Waals surface area contributed by atoms with Gasteiger partial charge in [-0.05, 0) is 64.1 Å². The SMILES string of the molecule is CNC1CCCN(c2ccc(Nc3ncc(Cl)c(-c4cc5c(ncn5C(C)C)c(F)n4)n3)cc2)C1=O. The summed E-state index contributed by atoms with van der Waals surface area (Å²) in [6.45, 7) is 4.67. The van der Waals surface area contributed by atoms with Crippen molar-refractivity contribution in [2.45, 2.75) is 38.8 Å². The number of benzene rings is 1. The fourth-order valence-corrected chi connectivity index (χ4v) is 4.57. The maximum atomic E-state index is 14.7. The second-order valence-electron chi connectivity index (χ2n) is 8.95. The van der Waals surface area contributed by atoms with Crippen molar-refractivity contribution >= 4 is 45.9 Å². The number of fused-ring (bicyclic) bond motifs is 1. The minimum atomic E-state index is -0.686. The molecule has 1 atom stereocenters. The molecule has 36 heavy (non-hydrogen) atoms. The highest BCUT2D eigenvalue weighted by Gasteiger charge is 2.28. The smallest absolute Gasteiger partial charge is 0.244 e. The van der Waals surface area contributed by atoms with E-state index in [1.807, 2.05) is 42.7 Å². The molecule has 186 valence electrons. The van der Waals surface area contributed by atoms with Crippen LogP contribution >= 0.6 is 11.6 Å². The van der Waals surface area contributed by atoms with E-state index in [0.717, 1.165) is 24.2 Å². The van der Waals surface area contributed by atoms with Gasteiger partial charge < -0.3 is 20.1 Å². The molecule has 4 heterocycles. The minimum Gasteiger partial charge on any atom is -0.328 e. The zero-order valence-corrected chi connectivity index (χ0v) is 20.9. The van der Waals surface area contributed by atoms with Gasteiger partial charge in [-0.2, -0.15) is 4.39 Å². The molecule has 9 nitrogen and oxygen atoms in total. The molecule has 11 heteroatoms. The Bertz CT molecular complexity index is 1420. The fraction of sp³-hybridized carbons (Fsp3) is 0.320. The third kappa shape index (κ3) is 4.49. The lowest BCUT2D eigenvalue weighted by Gasteiger charge is -2.32. The first kappa shape index (κ1) is 24.1. The first-order chi connectivity index (χ1) is 17.4. The third-order valence-corrected chi connectivity index (χ3v) is 6.56. The predicted octanol–water partition coefficient (Wildman–Crippen LogP) is 4.72. The number of pyridine rings is 1. The summed E-state index contributed by atoms with van der Waals surface area (Å²) in [6, 6.07) is 9.14. The minimum absolute atomic E-state index is 0.0747. The Morgan fingerprint density at radius 2 is 1.94 bits per heavy atom. The van der Waals surface area contributed by atoms with Gasteiger partial charge in [0.1, 0.15) is 11.2 Å². The average Bonchev–Trinajstić information content (AvgIpc) is 3.31. The number of likely N-dealkylation sites (N-methyl/N-ethyl adjacent to an activating group) is 1. The Labute approximate surface area is 212 Å². The number of nitrogens with zero attached hydrogens (tertiary/aromatic N) is 6. The van der Waals surface area contributed by atoms with Gasteiger partial charge in [0.2, 0.25) is 17.8 Å². The van der Waals surface area contributed by atoms with Gasteiger partial charge in [0.25, 0.3) is 0 Å². The molecule has 0 spiro atoms. The number of carbonyl (C=O) groups is 1. The van der Waals surface area contributed by atoms with Crippen LogP contribution in [-0.2, 0) is 4.79 Å². The highest BCUT2D eigenvalue weighted by Crippen LogP contribution is 2.30. The van der Waals surface area contributed by atoms with Crippen LogP contribution in [0.5, 0.6) is 0 Å². The number of nitrogens with one attached hydrogen (secondary N) is 2. The Morgan fingerprint density at radius 1 is 1.17 bits per heavy atom. The van der Waals surface area contributed by atoms with Gasteiger partial charge in [-0.25, -0.2) is 19.9 Å². The molecule has 3 aromatic heterocycles. The van der Waals surface area contributed by atoms with Crippen molar-refractivity contribution in [3.05, 3.63) is 53.8 Å². The van der Waals surface area contributed by atoms with E-state index in [1.54, 1.807) is 24.3 Å². The van der Waals surface area contributed by atoms with E-state index >= 15 is 0 Å². The van der Waals surface area contributed by atoms with Crippen LogP contribution in [0.15, 0.2) is 42.9 Å². The topological polar surface area (TPSA) is 101 Å². The van der Waals surface area contributed by atoms with Crippen molar-refractivity contribution in [3.63, 3.8) is 0 Å². The molecule has 1 saturated heterocycles. The van der Waals surface area contributed by atoms with Gasteiger partial charge in [0.15, 0.2) is 0 Å². The molecule has 1 fully saturated rings. The molecule has 0 saturated carbocycles. The lowest BCUT2D eigenvalue weighted by atomic mass is 10.0. The molecule has 0 aliphatic carbocycles. The van der Waals surface area contributed by atoms with Gasteiger partial charge in [0.05, 0.1) is 34.8 Å². The quantitative estimate of drug-likeness (QED) is 0.363. The Balaban J connectivity index is 1.41. The van der Waals surface area contributed by atoms with Gasteiger partial charge in [0, 0.05) is 24.0 Å². The molecule has 1 aliphatic rings. The Hall–Kier alpha value is -3.63. The standard InChI is InChI=1S/C25H26ClFN8O/c1-14(2)35-13-30-22-20(35)11-19(32-23(22)27)21-17(26)12-29-25(33-21)31-15-6-8-16(9-7-15)34-10-4-5-18(28-3)24(34)36/h6-9,11-14,18,28H,4-5,10H2,1-3H3,(H,29,31,33). The van der Waals surface area contributed by atoms with Crippen molar-refractivity contribution < 1.29 is 9.18 Å². The van der Waals surface area contributed by atoms with Crippen LogP contribution in [0.3, 0.4) is 0 Å². The molecule has 0 radical (unpaired) electrons. The van der Waals surface area contributed by atoms with Crippen LogP contribution in [0.2, 0.25) is 5.02 Å². The Morgan fingerprint density at radius 3 is 2.67 bits per heavy atom. The fourth-order valence-electron chi connectivity index (χ4n) is 4.39. The molecule has 1 aliphatic heterocycles. The number of imidazole rings is 1. The molecule has 4 aromatic rings. The first-order valence-electron chi connectivity index (χ1n) is 11.8. The number of rotatable bonds is 6. The van der Waals surface area contributed by atoms with E-state index in [9.17, 15) is 9.18 Å². The van der Waals surface area contributed by atoms with Crippen LogP contribution in [0.4, 0.5) is 21.7 Å². The maximum Gasteiger partial charge on any atom is 0.244 e. The lowest BCUT2D eigenvalue weighted by molar-refractivity contribution is -0.121. The van der Waals surface area contributed by atoms with E-state index in [-0.39, 0.29) is 40.2 Å². The molecule has 2 N–H and O–H groups in total. The number of hydrogen-bond donors (Lipinski definition) is 2. The number of carbonyl (C=O) groups excluding carboxylic acids is 1. The lowest BCUT2D eigenvalue weighted by Crippen LogP contribution is -2.49. The third-order valence-electron chi connectivity index (χ3n) is 6.28. The number of amides is 1. The first-order valence-corrected chi connectivity index (χ1v) is 12.1. The summed E-state index contributed by atoms with van der Waals surface area (Å²) in [7, 11) is 1.81. The van der Waals surface area contributed by atoms with Crippen LogP contribution in [0, 0.1) is 5.95 Å². The number of hydrogen-bond acceptors (Lipinski definition) is 7. The normalized spacial score (nSPS) is 16.2. The van der Waals surface area contributed by atoms with Gasteiger partial charge >= 0.3 is 0 Å². The number of aromatic nitrogens is 5. The largest absolute Gasteiger partial charge is 0.328 e. The van der Waals surface area contributed by atoms with Crippen molar-refractivity contribution in [3.8, 4) is 11.4 Å². The monoisotopic (exact) mass is 508 g/mol. The number of halogens is 2. The highest BCUT2D eigenvalue weighted by molar-refractivity contribution is 6.32. The average molecular weight is 509 g/mol. The molecular weight excluding hydrogens is 483 g/mol. The van der Waals surface area contributed by atoms with E-state index < -0.39 is 5.95 Å². The second-order valence-corrected chi connectivity index (χ2v) is 9.35. The summed E-state index contributed by atoms with van der Waals surface area (Å²) < 4.78 is 16.6. The Kier molecular flexibility index (Phi) is 6.55. The maximum absolute atomic E-state index is 14.7. The van der Waals surface area contributed by atoms with Crippen molar-refractivity contribution in [2.75, 3.05) is 23.8 Å². The molecule has 1 amide bonds. The van der Waals surface area contributed by atoms with Crippen LogP contribution < -0.4 is 15.5 Å². The molecular formula is C25H26ClFN8O. The summed E-state index contributed by atoms with van der Waals surface area (Å²) in [4.78, 5) is 31.4. The second kappa shape index (κ2) is 9.79. The van der Waals surface area contributed by atoms with Gasteiger partial charge in [-0.15, -0.1) is 0 Å². The zero-order chi connectivity index (χ0) is 25.4. The van der Waals surface area contributed by atoms with Crippen molar-refractivity contribution in [2.24, 2.45) is 0 Å². The zero-order valence-electron chi connectivity index (χ0n) is 20.2. The van der Waals surface area contributed by atoms with Crippen LogP contribution in [0.25, 0.3) is 22.4 Å². The van der Waals surface area contributed by atoms with Crippen LogP contribution in [0.1, 0.15) is 32.7 Å². The van der Waals surface area contributed by atoms with E-state index in [0.29, 0.717) is 17.8 Å². The summed E-state index contributed by atoms with van der Waals surface area (Å²) in [6.07, 6.45) is 4.83. The number of anilines is 3. The predicted molar refractivity (Wildman–Crippen MR) is 138 cm³/mol. The summed E-state index contributed by atoms with van der Waals surface area (Å²) in [5.74, 6) is -0.328. The van der Waals surface area contributed by atoms with Gasteiger partial charge in [-0.3, -0.25) is 4.79 Å². The molecule has 1 aromatic carbocycles. The van der Waals surface area contributed by atoms with Gasteiger partial charge in [-0.1, -0.05) is 11.6 Å². The van der Waals surface area contributed by atoms with Crippen LogP contribution in [-0.4, -0.2) is 50.0 Å². The van der Waals surface area contributed by atoms with Crippen molar-refractivity contribution in [1.82, 2.24) is 29.8 Å².